The number of hydrogen-bond acceptors (Lipinski definition) is 3. The maximum Gasteiger partial charge on any atom is 0.319 e. The van der Waals surface area contributed by atoms with Gasteiger partial charge in [-0.15, -0.1) is 0 Å². The van der Waals surface area contributed by atoms with Crippen LogP contribution in [-0.4, -0.2) is 19.6 Å². The minimum absolute atomic E-state index is 0.181. The van der Waals surface area contributed by atoms with Crippen molar-refractivity contribution in [2.75, 3.05) is 13.7 Å². The smallest absolute Gasteiger partial charge is 0.319 e. The van der Waals surface area contributed by atoms with E-state index < -0.39 is 0 Å². The standard InChI is InChI=1S/C13H19NO2/c1-10(2)13(14-9-12(15)16-3)11-7-5-4-6-8-11/h4-8,10,13-14H,9H2,1-3H3. The molecule has 0 amide bonds. The number of nitrogens with one attached hydrogen (secondary N) is 1. The van der Waals surface area contributed by atoms with Crippen LogP contribution in [0.5, 0.6) is 0 Å². The normalized spacial score (nSPS) is 12.5. The molecule has 0 aliphatic carbocycles. The zero-order valence-electron chi connectivity index (χ0n) is 10.1. The summed E-state index contributed by atoms with van der Waals surface area (Å²) < 4.78 is 4.61. The first-order chi connectivity index (χ1) is 7.65. The highest BCUT2D eigenvalue weighted by Gasteiger charge is 2.15. The maximum absolute atomic E-state index is 11.1. The van der Waals surface area contributed by atoms with E-state index in [9.17, 15) is 4.79 Å². The number of carbonyl (C=O) groups is 1. The van der Waals surface area contributed by atoms with Crippen molar-refractivity contribution in [3.63, 3.8) is 0 Å². The van der Waals surface area contributed by atoms with Gasteiger partial charge in [-0.25, -0.2) is 0 Å². The molecule has 3 heteroatoms. The quantitative estimate of drug-likeness (QED) is 0.774. The summed E-state index contributed by atoms with van der Waals surface area (Å²) in [4.78, 5) is 11.1. The topological polar surface area (TPSA) is 38.3 Å². The molecule has 0 heterocycles. The molecule has 0 bridgehead atoms. The number of rotatable bonds is 5. The van der Waals surface area contributed by atoms with Crippen molar-refractivity contribution in [1.29, 1.82) is 0 Å². The highest BCUT2D eigenvalue weighted by molar-refractivity contribution is 5.71. The van der Waals surface area contributed by atoms with Crippen LogP contribution in [-0.2, 0) is 9.53 Å². The number of carbonyl (C=O) groups excluding carboxylic acids is 1. The van der Waals surface area contributed by atoms with Crippen LogP contribution >= 0.6 is 0 Å². The molecule has 1 rings (SSSR count). The van der Waals surface area contributed by atoms with E-state index in [1.807, 2.05) is 18.2 Å². The zero-order valence-corrected chi connectivity index (χ0v) is 10.1. The molecular formula is C13H19NO2. The summed E-state index contributed by atoms with van der Waals surface area (Å²) in [6.07, 6.45) is 0. The Morgan fingerprint density at radius 2 is 1.94 bits per heavy atom. The van der Waals surface area contributed by atoms with E-state index in [1.54, 1.807) is 0 Å². The van der Waals surface area contributed by atoms with Gasteiger partial charge in [0.25, 0.3) is 0 Å². The Hall–Kier alpha value is -1.35. The molecule has 0 spiro atoms. The number of benzene rings is 1. The fourth-order valence-corrected chi connectivity index (χ4v) is 1.66. The van der Waals surface area contributed by atoms with Crippen molar-refractivity contribution in [3.8, 4) is 0 Å². The lowest BCUT2D eigenvalue weighted by Crippen LogP contribution is -2.31. The molecule has 1 N–H and O–H groups in total. The van der Waals surface area contributed by atoms with Gasteiger partial charge in [0.1, 0.15) is 0 Å². The molecule has 0 aromatic heterocycles. The van der Waals surface area contributed by atoms with Gasteiger partial charge in [-0.2, -0.15) is 0 Å². The predicted molar refractivity (Wildman–Crippen MR) is 64.0 cm³/mol. The van der Waals surface area contributed by atoms with E-state index in [0.717, 1.165) is 0 Å². The van der Waals surface area contributed by atoms with Crippen LogP contribution in [0.2, 0.25) is 0 Å². The van der Waals surface area contributed by atoms with Crippen LogP contribution < -0.4 is 5.32 Å². The molecule has 1 aromatic rings. The molecule has 16 heavy (non-hydrogen) atoms. The molecule has 0 saturated carbocycles. The number of ether oxygens (including phenoxy) is 1. The van der Waals surface area contributed by atoms with Gasteiger partial charge in [0.15, 0.2) is 0 Å². The average molecular weight is 221 g/mol. The third-order valence-electron chi connectivity index (χ3n) is 2.52. The Morgan fingerprint density at radius 3 is 2.44 bits per heavy atom. The third kappa shape index (κ3) is 3.66. The van der Waals surface area contributed by atoms with Crippen LogP contribution in [0.1, 0.15) is 25.5 Å². The highest BCUT2D eigenvalue weighted by atomic mass is 16.5. The third-order valence-corrected chi connectivity index (χ3v) is 2.52. The minimum Gasteiger partial charge on any atom is -0.468 e. The fraction of sp³-hybridized carbons (Fsp3) is 0.462. The van der Waals surface area contributed by atoms with E-state index in [0.29, 0.717) is 5.92 Å². The van der Waals surface area contributed by atoms with Crippen LogP contribution in [0.4, 0.5) is 0 Å². The molecule has 0 saturated heterocycles. The molecule has 0 fully saturated rings. The summed E-state index contributed by atoms with van der Waals surface area (Å²) in [5, 5.41) is 3.21. The van der Waals surface area contributed by atoms with Crippen LogP contribution in [0.25, 0.3) is 0 Å². The monoisotopic (exact) mass is 221 g/mol. The van der Waals surface area contributed by atoms with Gasteiger partial charge < -0.3 is 4.74 Å². The van der Waals surface area contributed by atoms with Crippen molar-refractivity contribution in [3.05, 3.63) is 35.9 Å². The first-order valence-electron chi connectivity index (χ1n) is 5.50. The molecule has 0 aliphatic heterocycles. The minimum atomic E-state index is -0.235. The van der Waals surface area contributed by atoms with Gasteiger partial charge in [0.2, 0.25) is 0 Å². The van der Waals surface area contributed by atoms with Crippen molar-refractivity contribution in [2.45, 2.75) is 19.9 Å². The van der Waals surface area contributed by atoms with Crippen molar-refractivity contribution >= 4 is 5.97 Å². The molecule has 3 nitrogen and oxygen atoms in total. The summed E-state index contributed by atoms with van der Waals surface area (Å²) in [5.74, 6) is 0.189. The van der Waals surface area contributed by atoms with Gasteiger partial charge >= 0.3 is 5.97 Å². The lowest BCUT2D eigenvalue weighted by molar-refractivity contribution is -0.139. The highest BCUT2D eigenvalue weighted by Crippen LogP contribution is 2.20. The summed E-state index contributed by atoms with van der Waals surface area (Å²) in [5.41, 5.74) is 1.20. The lowest BCUT2D eigenvalue weighted by Gasteiger charge is -2.22. The summed E-state index contributed by atoms with van der Waals surface area (Å²) >= 11 is 0. The van der Waals surface area contributed by atoms with E-state index in [1.165, 1.54) is 12.7 Å². The van der Waals surface area contributed by atoms with Gasteiger partial charge in [-0.05, 0) is 11.5 Å². The molecule has 88 valence electrons. The van der Waals surface area contributed by atoms with Crippen LogP contribution in [0, 0.1) is 5.92 Å². The Balaban J connectivity index is 2.66. The maximum atomic E-state index is 11.1. The second-order valence-electron chi connectivity index (χ2n) is 4.09. The summed E-state index contributed by atoms with van der Waals surface area (Å²) in [6, 6.07) is 10.3. The van der Waals surface area contributed by atoms with Crippen molar-refractivity contribution in [1.82, 2.24) is 5.32 Å². The van der Waals surface area contributed by atoms with Crippen LogP contribution in [0.3, 0.4) is 0 Å². The van der Waals surface area contributed by atoms with E-state index >= 15 is 0 Å². The second kappa shape index (κ2) is 6.28. The average Bonchev–Trinajstić information content (AvgIpc) is 2.30. The molecule has 1 atom stereocenters. The Morgan fingerprint density at radius 1 is 1.31 bits per heavy atom. The predicted octanol–water partition coefficient (Wildman–Crippen LogP) is 2.15. The Bertz CT molecular complexity index is 322. The van der Waals surface area contributed by atoms with Crippen molar-refractivity contribution in [2.24, 2.45) is 5.92 Å². The number of hydrogen-bond donors (Lipinski definition) is 1. The molecular weight excluding hydrogens is 202 g/mol. The Labute approximate surface area is 96.8 Å². The van der Waals surface area contributed by atoms with Crippen molar-refractivity contribution < 1.29 is 9.53 Å². The first-order valence-corrected chi connectivity index (χ1v) is 5.50. The van der Waals surface area contributed by atoms with E-state index in [2.05, 4.69) is 36.0 Å². The fourth-order valence-electron chi connectivity index (χ4n) is 1.66. The number of esters is 1. The van der Waals surface area contributed by atoms with Gasteiger partial charge in [0.05, 0.1) is 13.7 Å². The summed E-state index contributed by atoms with van der Waals surface area (Å²) in [6.45, 7) is 4.50. The molecule has 1 aromatic carbocycles. The summed E-state index contributed by atoms with van der Waals surface area (Å²) in [7, 11) is 1.40. The second-order valence-corrected chi connectivity index (χ2v) is 4.09. The first kappa shape index (κ1) is 12.7. The number of methoxy groups -OCH3 is 1. The van der Waals surface area contributed by atoms with E-state index in [4.69, 9.17) is 0 Å². The SMILES string of the molecule is COC(=O)CNC(c1ccccc1)C(C)C. The lowest BCUT2D eigenvalue weighted by atomic mass is 9.96. The van der Waals surface area contributed by atoms with Crippen LogP contribution in [0.15, 0.2) is 30.3 Å². The zero-order chi connectivity index (χ0) is 12.0. The van der Waals surface area contributed by atoms with E-state index in [-0.39, 0.29) is 18.6 Å². The Kier molecular flexibility index (Phi) is 4.99. The largest absolute Gasteiger partial charge is 0.468 e. The molecule has 1 unspecified atom stereocenters. The van der Waals surface area contributed by atoms with Gasteiger partial charge in [0, 0.05) is 6.04 Å². The van der Waals surface area contributed by atoms with Gasteiger partial charge in [-0.1, -0.05) is 44.2 Å². The molecule has 0 aliphatic rings. The van der Waals surface area contributed by atoms with Gasteiger partial charge in [-0.3, -0.25) is 10.1 Å². The molecule has 0 radical (unpaired) electrons.